The van der Waals surface area contributed by atoms with E-state index in [1.165, 1.54) is 12.8 Å². The predicted molar refractivity (Wildman–Crippen MR) is 74.2 cm³/mol. The van der Waals surface area contributed by atoms with E-state index in [0.29, 0.717) is 12.5 Å². The minimum absolute atomic E-state index is 0.171. The van der Waals surface area contributed by atoms with Crippen molar-refractivity contribution in [3.63, 3.8) is 0 Å². The molecule has 4 unspecified atom stereocenters. The van der Waals surface area contributed by atoms with Gasteiger partial charge in [0, 0.05) is 19.0 Å². The first-order valence-electron chi connectivity index (χ1n) is 7.37. The van der Waals surface area contributed by atoms with E-state index in [9.17, 15) is 4.79 Å². The Hall–Kier alpha value is -0.830. The SMILES string of the molecule is CCC(C)NC(=O)CCNCC1CC2C=CC1C2. The number of carbonyl (C=O) groups is 1. The van der Waals surface area contributed by atoms with E-state index in [1.54, 1.807) is 0 Å². The summed E-state index contributed by atoms with van der Waals surface area (Å²) in [5, 5.41) is 6.43. The van der Waals surface area contributed by atoms with Crippen LogP contribution in [0.5, 0.6) is 0 Å². The number of fused-ring (bicyclic) bond motifs is 2. The molecule has 0 spiro atoms. The van der Waals surface area contributed by atoms with Crippen LogP contribution in [-0.4, -0.2) is 25.0 Å². The van der Waals surface area contributed by atoms with Crippen LogP contribution in [0.4, 0.5) is 0 Å². The first-order valence-corrected chi connectivity index (χ1v) is 7.37. The van der Waals surface area contributed by atoms with Crippen molar-refractivity contribution in [2.24, 2.45) is 17.8 Å². The minimum atomic E-state index is 0.171. The van der Waals surface area contributed by atoms with E-state index in [2.05, 4.69) is 29.7 Å². The van der Waals surface area contributed by atoms with Gasteiger partial charge in [0.1, 0.15) is 0 Å². The molecule has 3 nitrogen and oxygen atoms in total. The first-order chi connectivity index (χ1) is 8.69. The maximum atomic E-state index is 11.6. The van der Waals surface area contributed by atoms with Gasteiger partial charge in [0.05, 0.1) is 0 Å². The molecule has 2 rings (SSSR count). The van der Waals surface area contributed by atoms with E-state index in [1.807, 2.05) is 6.92 Å². The molecule has 3 heteroatoms. The van der Waals surface area contributed by atoms with Crippen molar-refractivity contribution in [1.82, 2.24) is 10.6 Å². The molecule has 0 radical (unpaired) electrons. The van der Waals surface area contributed by atoms with Crippen LogP contribution in [0.25, 0.3) is 0 Å². The third kappa shape index (κ3) is 3.58. The molecule has 4 atom stereocenters. The number of carbonyl (C=O) groups excluding carboxylic acids is 1. The third-order valence-electron chi connectivity index (χ3n) is 4.37. The second-order valence-electron chi connectivity index (χ2n) is 5.87. The fourth-order valence-corrected chi connectivity index (χ4v) is 3.07. The van der Waals surface area contributed by atoms with Crippen molar-refractivity contribution in [2.45, 2.75) is 45.6 Å². The molecule has 0 aromatic rings. The van der Waals surface area contributed by atoms with Crippen molar-refractivity contribution < 1.29 is 4.79 Å². The lowest BCUT2D eigenvalue weighted by Gasteiger charge is -2.18. The van der Waals surface area contributed by atoms with E-state index >= 15 is 0 Å². The molecule has 1 saturated carbocycles. The largest absolute Gasteiger partial charge is 0.354 e. The molecular formula is C15H26N2O. The van der Waals surface area contributed by atoms with Crippen LogP contribution in [0.3, 0.4) is 0 Å². The topological polar surface area (TPSA) is 41.1 Å². The lowest BCUT2D eigenvalue weighted by molar-refractivity contribution is -0.121. The summed E-state index contributed by atoms with van der Waals surface area (Å²) in [4.78, 5) is 11.6. The van der Waals surface area contributed by atoms with Gasteiger partial charge in [-0.15, -0.1) is 0 Å². The average molecular weight is 250 g/mol. The van der Waals surface area contributed by atoms with E-state index in [4.69, 9.17) is 0 Å². The normalized spacial score (nSPS) is 30.7. The summed E-state index contributed by atoms with van der Waals surface area (Å²) in [6.45, 7) is 6.01. The molecule has 0 aliphatic heterocycles. The molecule has 0 aromatic heterocycles. The van der Waals surface area contributed by atoms with Crippen molar-refractivity contribution in [2.75, 3.05) is 13.1 Å². The molecule has 2 N–H and O–H groups in total. The van der Waals surface area contributed by atoms with Crippen LogP contribution in [-0.2, 0) is 4.79 Å². The van der Waals surface area contributed by atoms with Gasteiger partial charge in [0.15, 0.2) is 0 Å². The summed E-state index contributed by atoms with van der Waals surface area (Å²) in [7, 11) is 0. The number of hydrogen-bond donors (Lipinski definition) is 2. The zero-order chi connectivity index (χ0) is 13.0. The van der Waals surface area contributed by atoms with Crippen molar-refractivity contribution in [3.8, 4) is 0 Å². The molecular weight excluding hydrogens is 224 g/mol. The van der Waals surface area contributed by atoms with Gasteiger partial charge >= 0.3 is 0 Å². The molecule has 0 saturated heterocycles. The van der Waals surface area contributed by atoms with Crippen LogP contribution in [0.1, 0.15) is 39.5 Å². The van der Waals surface area contributed by atoms with E-state index in [-0.39, 0.29) is 5.91 Å². The van der Waals surface area contributed by atoms with Crippen molar-refractivity contribution >= 4 is 5.91 Å². The highest BCUT2D eigenvalue weighted by Crippen LogP contribution is 2.42. The summed E-state index contributed by atoms with van der Waals surface area (Å²) in [5.74, 6) is 2.62. The third-order valence-corrected chi connectivity index (χ3v) is 4.37. The molecule has 2 bridgehead atoms. The Morgan fingerprint density at radius 3 is 2.83 bits per heavy atom. The van der Waals surface area contributed by atoms with Crippen LogP contribution in [0, 0.1) is 17.8 Å². The Balaban J connectivity index is 1.54. The fraction of sp³-hybridized carbons (Fsp3) is 0.800. The zero-order valence-electron chi connectivity index (χ0n) is 11.6. The van der Waals surface area contributed by atoms with Gasteiger partial charge in [0.25, 0.3) is 0 Å². The Labute approximate surface area is 110 Å². The number of rotatable bonds is 7. The van der Waals surface area contributed by atoms with E-state index in [0.717, 1.165) is 37.3 Å². The molecule has 2 aliphatic rings. The Morgan fingerprint density at radius 1 is 1.39 bits per heavy atom. The molecule has 0 aromatic carbocycles. The molecule has 2 aliphatic carbocycles. The maximum absolute atomic E-state index is 11.6. The molecule has 1 amide bonds. The van der Waals surface area contributed by atoms with Crippen molar-refractivity contribution in [1.29, 1.82) is 0 Å². The highest BCUT2D eigenvalue weighted by molar-refractivity contribution is 5.76. The van der Waals surface area contributed by atoms with Crippen molar-refractivity contribution in [3.05, 3.63) is 12.2 Å². The standard InChI is InChI=1S/C15H26N2O/c1-3-11(2)17-15(18)6-7-16-10-14-9-12-4-5-13(14)8-12/h4-5,11-14,16H,3,6-10H2,1-2H3,(H,17,18). The molecule has 18 heavy (non-hydrogen) atoms. The number of allylic oxidation sites excluding steroid dienone is 2. The van der Waals surface area contributed by atoms with Crippen LogP contribution >= 0.6 is 0 Å². The van der Waals surface area contributed by atoms with Crippen LogP contribution in [0.15, 0.2) is 12.2 Å². The maximum Gasteiger partial charge on any atom is 0.221 e. The second-order valence-corrected chi connectivity index (χ2v) is 5.87. The number of hydrogen-bond acceptors (Lipinski definition) is 2. The summed E-state index contributed by atoms with van der Waals surface area (Å²) in [6.07, 6.45) is 9.06. The molecule has 102 valence electrons. The highest BCUT2D eigenvalue weighted by Gasteiger charge is 2.34. The quantitative estimate of drug-likeness (QED) is 0.536. The summed E-state index contributed by atoms with van der Waals surface area (Å²) < 4.78 is 0. The van der Waals surface area contributed by atoms with Crippen LogP contribution < -0.4 is 10.6 Å². The Bertz CT molecular complexity index is 314. The highest BCUT2D eigenvalue weighted by atomic mass is 16.1. The van der Waals surface area contributed by atoms with Gasteiger partial charge in [-0.3, -0.25) is 4.79 Å². The number of nitrogens with one attached hydrogen (secondary N) is 2. The molecule has 0 heterocycles. The lowest BCUT2D eigenvalue weighted by atomic mass is 9.94. The van der Waals surface area contributed by atoms with Gasteiger partial charge in [-0.25, -0.2) is 0 Å². The Morgan fingerprint density at radius 2 is 2.22 bits per heavy atom. The second kappa shape index (κ2) is 6.37. The van der Waals surface area contributed by atoms with Gasteiger partial charge in [-0.1, -0.05) is 19.1 Å². The zero-order valence-corrected chi connectivity index (χ0v) is 11.6. The van der Waals surface area contributed by atoms with E-state index < -0.39 is 0 Å². The number of amides is 1. The summed E-state index contributed by atoms with van der Waals surface area (Å²) in [5.41, 5.74) is 0. The first kappa shape index (κ1) is 13.6. The van der Waals surface area contributed by atoms with Crippen LogP contribution in [0.2, 0.25) is 0 Å². The average Bonchev–Trinajstić information content (AvgIpc) is 2.96. The Kier molecular flexibility index (Phi) is 4.81. The van der Waals surface area contributed by atoms with Gasteiger partial charge in [0.2, 0.25) is 5.91 Å². The summed E-state index contributed by atoms with van der Waals surface area (Å²) in [6, 6.07) is 0.299. The van der Waals surface area contributed by atoms with Gasteiger partial charge < -0.3 is 10.6 Å². The summed E-state index contributed by atoms with van der Waals surface area (Å²) >= 11 is 0. The van der Waals surface area contributed by atoms with Gasteiger partial charge in [-0.2, -0.15) is 0 Å². The minimum Gasteiger partial charge on any atom is -0.354 e. The lowest BCUT2D eigenvalue weighted by Crippen LogP contribution is -2.35. The monoisotopic (exact) mass is 250 g/mol. The molecule has 1 fully saturated rings. The fourth-order valence-electron chi connectivity index (χ4n) is 3.07. The smallest absolute Gasteiger partial charge is 0.221 e. The predicted octanol–water partition coefficient (Wildman–Crippen LogP) is 2.09. The van der Waals surface area contributed by atoms with Gasteiger partial charge in [-0.05, 0) is 50.5 Å².